The molecule has 4 N–H and O–H groups in total. The Hall–Kier alpha value is -2.24. The van der Waals surface area contributed by atoms with E-state index < -0.39 is 11.9 Å². The smallest absolute Gasteiger partial charge is 0.333 e. The lowest BCUT2D eigenvalue weighted by atomic mass is 9.96. The zero-order valence-electron chi connectivity index (χ0n) is 11.2. The maximum Gasteiger partial charge on any atom is 0.333 e. The van der Waals surface area contributed by atoms with Crippen LogP contribution in [0.5, 0.6) is 5.75 Å². The first-order valence-corrected chi connectivity index (χ1v) is 6.81. The van der Waals surface area contributed by atoms with E-state index in [1.54, 1.807) is 12.1 Å². The Bertz CT molecular complexity index is 484. The Balaban J connectivity index is 1.78. The van der Waals surface area contributed by atoms with Gasteiger partial charge in [0.05, 0.1) is 5.56 Å². The van der Waals surface area contributed by atoms with Crippen LogP contribution in [-0.4, -0.2) is 23.1 Å². The minimum absolute atomic E-state index is 0.116. The lowest BCUT2D eigenvalue weighted by Gasteiger charge is -2.22. The number of nitrogens with one attached hydrogen (secondary N) is 3. The van der Waals surface area contributed by atoms with Crippen molar-refractivity contribution in [2.75, 3.05) is 0 Å². The zero-order chi connectivity index (χ0) is 14.4. The van der Waals surface area contributed by atoms with Gasteiger partial charge < -0.3 is 10.4 Å². The van der Waals surface area contributed by atoms with E-state index in [2.05, 4.69) is 16.2 Å². The molecule has 0 radical (unpaired) electrons. The normalized spacial score (nSPS) is 15.4. The Kier molecular flexibility index (Phi) is 4.81. The van der Waals surface area contributed by atoms with Crippen LogP contribution in [0.25, 0.3) is 0 Å². The number of aromatic hydroxyl groups is 1. The van der Waals surface area contributed by atoms with Crippen molar-refractivity contribution in [2.45, 2.75) is 38.1 Å². The number of hydrogen-bond donors (Lipinski definition) is 4. The SMILES string of the molecule is O=C(NNC(=O)c1ccccc1O)NC1CCCCC1. The predicted molar refractivity (Wildman–Crippen MR) is 74.1 cm³/mol. The van der Waals surface area contributed by atoms with Crippen LogP contribution < -0.4 is 16.2 Å². The summed E-state index contributed by atoms with van der Waals surface area (Å²) < 4.78 is 0. The second kappa shape index (κ2) is 6.79. The number of para-hydroxylation sites is 1. The van der Waals surface area contributed by atoms with E-state index in [4.69, 9.17) is 0 Å². The van der Waals surface area contributed by atoms with Crippen molar-refractivity contribution in [2.24, 2.45) is 0 Å². The number of phenols is 1. The molecule has 0 saturated heterocycles. The first kappa shape index (κ1) is 14.2. The quantitative estimate of drug-likeness (QED) is 0.620. The molecule has 1 aromatic rings. The number of carbonyl (C=O) groups is 2. The highest BCUT2D eigenvalue weighted by molar-refractivity contribution is 5.97. The number of amides is 3. The molecular weight excluding hydrogens is 258 g/mol. The van der Waals surface area contributed by atoms with Crippen LogP contribution in [0.2, 0.25) is 0 Å². The fourth-order valence-corrected chi connectivity index (χ4v) is 2.31. The summed E-state index contributed by atoms with van der Waals surface area (Å²) in [6.45, 7) is 0. The average molecular weight is 277 g/mol. The molecular formula is C14H19N3O3. The van der Waals surface area contributed by atoms with Crippen LogP contribution in [0.1, 0.15) is 42.5 Å². The van der Waals surface area contributed by atoms with E-state index in [1.165, 1.54) is 18.6 Å². The van der Waals surface area contributed by atoms with Gasteiger partial charge in [0.25, 0.3) is 5.91 Å². The minimum atomic E-state index is -0.554. The summed E-state index contributed by atoms with van der Waals surface area (Å²) in [7, 11) is 0. The van der Waals surface area contributed by atoms with Gasteiger partial charge in [-0.05, 0) is 25.0 Å². The molecule has 1 saturated carbocycles. The molecule has 0 atom stereocenters. The first-order chi connectivity index (χ1) is 9.66. The molecule has 1 aliphatic carbocycles. The average Bonchev–Trinajstić information content (AvgIpc) is 2.46. The molecule has 3 amide bonds. The van der Waals surface area contributed by atoms with Gasteiger partial charge in [0, 0.05) is 6.04 Å². The second-order valence-electron chi connectivity index (χ2n) is 4.90. The van der Waals surface area contributed by atoms with Crippen molar-refractivity contribution in [3.05, 3.63) is 29.8 Å². The second-order valence-corrected chi connectivity index (χ2v) is 4.90. The third-order valence-electron chi connectivity index (χ3n) is 3.38. The molecule has 6 nitrogen and oxygen atoms in total. The number of benzene rings is 1. The lowest BCUT2D eigenvalue weighted by Crippen LogP contribution is -2.50. The number of hydrogen-bond acceptors (Lipinski definition) is 3. The van der Waals surface area contributed by atoms with Crippen LogP contribution in [0, 0.1) is 0 Å². The van der Waals surface area contributed by atoms with Gasteiger partial charge in [-0.3, -0.25) is 10.2 Å². The van der Waals surface area contributed by atoms with Crippen molar-refractivity contribution in [1.82, 2.24) is 16.2 Å². The molecule has 0 aliphatic heterocycles. The number of hydrazine groups is 1. The summed E-state index contributed by atoms with van der Waals surface area (Å²) in [6.07, 6.45) is 5.40. The first-order valence-electron chi connectivity index (χ1n) is 6.81. The minimum Gasteiger partial charge on any atom is -0.507 e. The standard InChI is InChI=1S/C14H19N3O3/c18-12-9-5-4-8-11(12)13(19)16-17-14(20)15-10-6-2-1-3-7-10/h4-5,8-10,18H,1-3,6-7H2,(H,16,19)(H2,15,17,20). The van der Waals surface area contributed by atoms with Crippen LogP contribution in [0.3, 0.4) is 0 Å². The van der Waals surface area contributed by atoms with Crippen molar-refractivity contribution >= 4 is 11.9 Å². The van der Waals surface area contributed by atoms with E-state index in [1.807, 2.05) is 0 Å². The number of urea groups is 1. The van der Waals surface area contributed by atoms with Gasteiger partial charge in [0.1, 0.15) is 5.75 Å². The molecule has 6 heteroatoms. The molecule has 0 bridgehead atoms. The summed E-state index contributed by atoms with van der Waals surface area (Å²) in [5.74, 6) is -0.679. The fraction of sp³-hybridized carbons (Fsp3) is 0.429. The molecule has 0 unspecified atom stereocenters. The van der Waals surface area contributed by atoms with Gasteiger partial charge in [0.15, 0.2) is 0 Å². The fourth-order valence-electron chi connectivity index (χ4n) is 2.31. The molecule has 20 heavy (non-hydrogen) atoms. The van der Waals surface area contributed by atoms with E-state index in [0.717, 1.165) is 25.7 Å². The monoisotopic (exact) mass is 277 g/mol. The zero-order valence-corrected chi connectivity index (χ0v) is 11.2. The van der Waals surface area contributed by atoms with E-state index in [9.17, 15) is 14.7 Å². The van der Waals surface area contributed by atoms with Gasteiger partial charge in [-0.1, -0.05) is 31.4 Å². The Morgan fingerprint density at radius 2 is 1.75 bits per heavy atom. The van der Waals surface area contributed by atoms with E-state index in [0.29, 0.717) is 0 Å². The summed E-state index contributed by atoms with van der Waals surface area (Å²) in [5.41, 5.74) is 4.68. The van der Waals surface area contributed by atoms with E-state index >= 15 is 0 Å². The molecule has 1 fully saturated rings. The summed E-state index contributed by atoms with van der Waals surface area (Å²) in [5, 5.41) is 12.3. The molecule has 0 heterocycles. The van der Waals surface area contributed by atoms with Crippen LogP contribution >= 0.6 is 0 Å². The molecule has 1 aliphatic rings. The molecule has 0 aromatic heterocycles. The van der Waals surface area contributed by atoms with Gasteiger partial charge in [0.2, 0.25) is 0 Å². The lowest BCUT2D eigenvalue weighted by molar-refractivity contribution is 0.0933. The van der Waals surface area contributed by atoms with Gasteiger partial charge in [-0.25, -0.2) is 10.2 Å². The Morgan fingerprint density at radius 3 is 2.45 bits per heavy atom. The number of carbonyl (C=O) groups excluding carboxylic acids is 2. The summed E-state index contributed by atoms with van der Waals surface area (Å²) >= 11 is 0. The summed E-state index contributed by atoms with van der Waals surface area (Å²) in [6, 6.07) is 5.89. The number of phenolic OH excluding ortho intramolecular Hbond substituents is 1. The van der Waals surface area contributed by atoms with Crippen LogP contribution in [-0.2, 0) is 0 Å². The maximum absolute atomic E-state index is 11.7. The maximum atomic E-state index is 11.7. The Morgan fingerprint density at radius 1 is 1.05 bits per heavy atom. The molecule has 1 aromatic carbocycles. The third-order valence-corrected chi connectivity index (χ3v) is 3.38. The van der Waals surface area contributed by atoms with E-state index in [-0.39, 0.29) is 17.4 Å². The topological polar surface area (TPSA) is 90.5 Å². The van der Waals surface area contributed by atoms with Crippen molar-refractivity contribution in [3.63, 3.8) is 0 Å². The van der Waals surface area contributed by atoms with Gasteiger partial charge in [-0.2, -0.15) is 0 Å². The predicted octanol–water partition coefficient (Wildman–Crippen LogP) is 1.67. The summed E-state index contributed by atoms with van der Waals surface area (Å²) in [4.78, 5) is 23.4. The van der Waals surface area contributed by atoms with Gasteiger partial charge in [-0.15, -0.1) is 0 Å². The largest absolute Gasteiger partial charge is 0.507 e. The highest BCUT2D eigenvalue weighted by Gasteiger charge is 2.16. The molecule has 2 rings (SSSR count). The highest BCUT2D eigenvalue weighted by Crippen LogP contribution is 2.17. The number of rotatable bonds is 2. The van der Waals surface area contributed by atoms with Crippen molar-refractivity contribution < 1.29 is 14.7 Å². The van der Waals surface area contributed by atoms with Gasteiger partial charge >= 0.3 is 6.03 Å². The third kappa shape index (κ3) is 3.88. The Labute approximate surface area is 117 Å². The van der Waals surface area contributed by atoms with Crippen molar-refractivity contribution in [3.8, 4) is 5.75 Å². The van der Waals surface area contributed by atoms with Crippen LogP contribution in [0.15, 0.2) is 24.3 Å². The molecule has 0 spiro atoms. The highest BCUT2D eigenvalue weighted by atomic mass is 16.3. The van der Waals surface area contributed by atoms with Crippen LogP contribution in [0.4, 0.5) is 4.79 Å². The van der Waals surface area contributed by atoms with Crippen molar-refractivity contribution in [1.29, 1.82) is 0 Å². The molecule has 108 valence electrons.